The van der Waals surface area contributed by atoms with E-state index in [1.54, 1.807) is 74.4 Å². The SMILES string of the molecule is CC(C)(C)c1cc(-c2ccccn2)nc(-c2ccccn2)c1.CC(C)(C)c1cc(-c2ccccn2)nc(-c2ccccn2)c1.CC(C)(C)c1cc(-c2ccccn2)nc(-c2ccccn2)c1.CC(C)(C)c1cc(-c2ccccn2)nc(-c2ccccn2)c1.[Co+2].[Co+2].[Co+3].c1ccc(-c2cccc(-c3ccccn3)n2)nc1.c1ccc(-c2cccc(-c3ccccn3)n2)nc1. The molecule has 0 aliphatic heterocycles. The normalized spacial score (nSPS) is 10.8. The van der Waals surface area contributed by atoms with Crippen molar-refractivity contribution in [3.63, 3.8) is 0 Å². The molecule has 0 aliphatic carbocycles. The summed E-state index contributed by atoms with van der Waals surface area (Å²) in [5.41, 5.74) is 26.1. The molecule has 0 saturated carbocycles. The quantitative estimate of drug-likeness (QED) is 0.111. The van der Waals surface area contributed by atoms with Crippen molar-refractivity contribution in [2.75, 3.05) is 0 Å². The van der Waals surface area contributed by atoms with Crippen LogP contribution in [0.1, 0.15) is 105 Å². The number of pyridine rings is 18. The molecule has 127 heavy (non-hydrogen) atoms. The predicted octanol–water partition coefficient (Wildman–Crippen LogP) is 24.4. The zero-order valence-electron chi connectivity index (χ0n) is 72.8. The van der Waals surface area contributed by atoms with Crippen molar-refractivity contribution in [3.8, 4) is 137 Å². The second-order valence-corrected chi connectivity index (χ2v) is 32.9. The van der Waals surface area contributed by atoms with E-state index < -0.39 is 0 Å². The van der Waals surface area contributed by atoms with Crippen LogP contribution in [0.15, 0.2) is 378 Å². The number of hydrogen-bond donors (Lipinski definition) is 0. The van der Waals surface area contributed by atoms with Gasteiger partial charge in [0.25, 0.3) is 0 Å². The molecular formula is C106H98Co3N18+7. The molecular weight excluding hydrogens is 1700 g/mol. The van der Waals surface area contributed by atoms with Crippen molar-refractivity contribution in [1.82, 2.24) is 89.7 Å². The van der Waals surface area contributed by atoms with Crippen LogP contribution in [0.3, 0.4) is 0 Å². The van der Waals surface area contributed by atoms with E-state index in [9.17, 15) is 0 Å². The fourth-order valence-electron chi connectivity index (χ4n) is 12.5. The zero-order valence-corrected chi connectivity index (χ0v) is 76.0. The molecule has 2 radical (unpaired) electrons. The fraction of sp³-hybridized carbons (Fsp3) is 0.151. The van der Waals surface area contributed by atoms with Gasteiger partial charge in [-0.05, 0) is 262 Å². The van der Waals surface area contributed by atoms with E-state index in [0.29, 0.717) is 0 Å². The van der Waals surface area contributed by atoms with Crippen molar-refractivity contribution in [1.29, 1.82) is 0 Å². The smallest absolute Gasteiger partial charge is 0.255 e. The van der Waals surface area contributed by atoms with Crippen LogP contribution in [-0.2, 0) is 72.0 Å². The minimum absolute atomic E-state index is 0. The average molecular weight is 1800 g/mol. The minimum Gasteiger partial charge on any atom is -0.255 e. The van der Waals surface area contributed by atoms with Crippen molar-refractivity contribution in [2.24, 2.45) is 0 Å². The molecule has 0 aliphatic rings. The number of aromatic nitrogens is 18. The maximum absolute atomic E-state index is 4.76. The molecule has 18 heterocycles. The second-order valence-electron chi connectivity index (χ2n) is 32.9. The van der Waals surface area contributed by atoms with Crippen molar-refractivity contribution < 1.29 is 50.3 Å². The van der Waals surface area contributed by atoms with Crippen LogP contribution in [-0.4, -0.2) is 89.7 Å². The third-order valence-corrected chi connectivity index (χ3v) is 19.4. The van der Waals surface area contributed by atoms with E-state index in [1.165, 1.54) is 22.3 Å². The first-order chi connectivity index (χ1) is 60.0. The summed E-state index contributed by atoms with van der Waals surface area (Å²) in [5, 5.41) is 0. The van der Waals surface area contributed by atoms with Gasteiger partial charge >= 0.3 is 50.3 Å². The van der Waals surface area contributed by atoms with Crippen LogP contribution >= 0.6 is 0 Å². The van der Waals surface area contributed by atoms with Gasteiger partial charge in [0.05, 0.1) is 137 Å². The van der Waals surface area contributed by atoms with Crippen LogP contribution in [0.25, 0.3) is 137 Å². The molecule has 0 spiro atoms. The van der Waals surface area contributed by atoms with Gasteiger partial charge in [0.15, 0.2) is 0 Å². The van der Waals surface area contributed by atoms with Gasteiger partial charge in [-0.3, -0.25) is 59.8 Å². The van der Waals surface area contributed by atoms with E-state index in [-0.39, 0.29) is 72.0 Å². The molecule has 18 aromatic rings. The first-order valence-corrected chi connectivity index (χ1v) is 41.0. The van der Waals surface area contributed by atoms with E-state index in [0.717, 1.165) is 137 Å². The monoisotopic (exact) mass is 1800 g/mol. The van der Waals surface area contributed by atoms with Gasteiger partial charge in [-0.25, -0.2) is 29.9 Å². The fourth-order valence-corrected chi connectivity index (χ4v) is 12.5. The van der Waals surface area contributed by atoms with Crippen LogP contribution in [0.4, 0.5) is 0 Å². The largest absolute Gasteiger partial charge is 3.00 e. The Labute approximate surface area is 775 Å². The summed E-state index contributed by atoms with van der Waals surface area (Å²) in [4.78, 5) is 80.8. The van der Waals surface area contributed by atoms with E-state index in [1.807, 2.05) is 255 Å². The predicted molar refractivity (Wildman–Crippen MR) is 499 cm³/mol. The first-order valence-electron chi connectivity index (χ1n) is 41.0. The van der Waals surface area contributed by atoms with Crippen molar-refractivity contribution >= 4 is 0 Å². The number of rotatable bonds is 12. The third-order valence-electron chi connectivity index (χ3n) is 19.4. The van der Waals surface area contributed by atoms with E-state index in [2.05, 4.69) is 201 Å². The van der Waals surface area contributed by atoms with E-state index in [4.69, 9.17) is 19.9 Å². The Morgan fingerprint density at radius 3 is 0.339 bits per heavy atom. The van der Waals surface area contributed by atoms with Gasteiger partial charge in [0, 0.05) is 74.4 Å². The summed E-state index contributed by atoms with van der Waals surface area (Å²) in [6, 6.07) is 98.9. The summed E-state index contributed by atoms with van der Waals surface area (Å²) in [6.07, 6.45) is 21.4. The summed E-state index contributed by atoms with van der Waals surface area (Å²) in [7, 11) is 0. The van der Waals surface area contributed by atoms with Gasteiger partial charge in [-0.1, -0.05) is 168 Å². The Hall–Kier alpha value is -13.8. The topological polar surface area (TPSA) is 232 Å². The third kappa shape index (κ3) is 27.6. The maximum atomic E-state index is 4.76. The van der Waals surface area contributed by atoms with Crippen molar-refractivity contribution in [3.05, 3.63) is 400 Å². The Kier molecular flexibility index (Phi) is 34.4. The van der Waals surface area contributed by atoms with Gasteiger partial charge in [-0.15, -0.1) is 0 Å². The van der Waals surface area contributed by atoms with Gasteiger partial charge in [-0.2, -0.15) is 0 Å². The van der Waals surface area contributed by atoms with Gasteiger partial charge in [0.1, 0.15) is 0 Å². The van der Waals surface area contributed by atoms with Crippen LogP contribution in [0.2, 0.25) is 0 Å². The molecule has 21 heteroatoms. The molecule has 18 rings (SSSR count). The van der Waals surface area contributed by atoms with Crippen LogP contribution in [0, 0.1) is 0 Å². The van der Waals surface area contributed by atoms with Gasteiger partial charge in [0.2, 0.25) is 0 Å². The Morgan fingerprint density at radius 1 is 0.134 bits per heavy atom. The molecule has 0 amide bonds. The van der Waals surface area contributed by atoms with Crippen LogP contribution < -0.4 is 0 Å². The number of nitrogens with zero attached hydrogens (tertiary/aromatic N) is 18. The average Bonchev–Trinajstić information content (AvgIpc) is 0.804. The molecule has 18 nitrogen and oxygen atoms in total. The molecule has 0 unspecified atom stereocenters. The van der Waals surface area contributed by atoms with Crippen LogP contribution in [0.5, 0.6) is 0 Å². The Morgan fingerprint density at radius 2 is 0.236 bits per heavy atom. The molecule has 0 aromatic carbocycles. The molecule has 0 bridgehead atoms. The molecule has 0 saturated heterocycles. The summed E-state index contributed by atoms with van der Waals surface area (Å²) in [5.74, 6) is 0. The Balaban J connectivity index is 0.000000158. The summed E-state index contributed by atoms with van der Waals surface area (Å²) in [6.45, 7) is 26.4. The molecule has 632 valence electrons. The summed E-state index contributed by atoms with van der Waals surface area (Å²) >= 11 is 0. The first kappa shape index (κ1) is 95.5. The summed E-state index contributed by atoms with van der Waals surface area (Å²) < 4.78 is 0. The van der Waals surface area contributed by atoms with Gasteiger partial charge < -0.3 is 0 Å². The molecule has 0 N–H and O–H groups in total. The molecule has 0 atom stereocenters. The second kappa shape index (κ2) is 45.7. The van der Waals surface area contributed by atoms with Crippen molar-refractivity contribution in [2.45, 2.75) is 105 Å². The minimum atomic E-state index is 0. The number of hydrogen-bond acceptors (Lipinski definition) is 18. The zero-order chi connectivity index (χ0) is 86.7. The molecule has 18 aromatic heterocycles. The maximum Gasteiger partial charge on any atom is 3.00 e. The standard InChI is InChI=1S/4C19H19N3.2C15H11N3.3Co/c4*1-19(2,3)14-12-17(15-8-4-6-10-20-15)22-18(13-14)16-9-5-7-11-21-16;2*1-3-10-16-12(6-1)14-8-5-9-15(18-14)13-7-2-4-11-17-13;;;/h4*4-13H,1-3H3;2*1-11H;;;/q;;;;;;2*+2;+3. The van der Waals surface area contributed by atoms with E-state index >= 15 is 0 Å². The molecule has 0 fully saturated rings. The Bertz CT molecular complexity index is 5350.